The van der Waals surface area contributed by atoms with E-state index in [2.05, 4.69) is 4.90 Å². The maximum Gasteiger partial charge on any atom is 0.320 e. The summed E-state index contributed by atoms with van der Waals surface area (Å²) >= 11 is 6.03. The van der Waals surface area contributed by atoms with Crippen molar-refractivity contribution in [3.63, 3.8) is 0 Å². The average molecular weight is 294 g/mol. The van der Waals surface area contributed by atoms with Gasteiger partial charge in [-0.25, -0.2) is 0 Å². The fourth-order valence-corrected chi connectivity index (χ4v) is 4.08. The quantitative estimate of drug-likeness (QED) is 0.926. The fourth-order valence-electron chi connectivity index (χ4n) is 3.87. The number of benzene rings is 1. The van der Waals surface area contributed by atoms with E-state index < -0.39 is 5.97 Å². The third kappa shape index (κ3) is 2.70. The summed E-state index contributed by atoms with van der Waals surface area (Å²) in [5, 5.41) is 10.2. The molecule has 0 bridgehead atoms. The predicted molar refractivity (Wildman–Crippen MR) is 78.8 cm³/mol. The van der Waals surface area contributed by atoms with Crippen LogP contribution in [0.4, 0.5) is 0 Å². The van der Waals surface area contributed by atoms with Crippen LogP contribution in [0, 0.1) is 5.92 Å². The number of fused-ring (bicyclic) bond motifs is 1. The molecular formula is C16H20ClNO2. The van der Waals surface area contributed by atoms with Crippen molar-refractivity contribution < 1.29 is 9.90 Å². The second-order valence-electron chi connectivity index (χ2n) is 6.00. The lowest BCUT2D eigenvalue weighted by atomic mass is 9.84. The van der Waals surface area contributed by atoms with E-state index in [-0.39, 0.29) is 6.04 Å². The number of likely N-dealkylation sites (tertiary alicyclic amines) is 1. The van der Waals surface area contributed by atoms with Gasteiger partial charge in [-0.15, -0.1) is 0 Å². The van der Waals surface area contributed by atoms with Crippen LogP contribution in [0.5, 0.6) is 0 Å². The molecule has 3 rings (SSSR count). The first-order valence-corrected chi connectivity index (χ1v) is 7.76. The van der Waals surface area contributed by atoms with Crippen LogP contribution in [-0.4, -0.2) is 28.1 Å². The first kappa shape index (κ1) is 13.9. The van der Waals surface area contributed by atoms with Crippen molar-refractivity contribution in [1.82, 2.24) is 4.90 Å². The van der Waals surface area contributed by atoms with Gasteiger partial charge < -0.3 is 5.11 Å². The highest BCUT2D eigenvalue weighted by atomic mass is 35.5. The Hall–Kier alpha value is -1.06. The number of carboxylic acids is 1. The Bertz CT molecular complexity index is 505. The number of carbonyl (C=O) groups is 1. The SMILES string of the molecule is O=C(O)C1CC2CCCCC2N1Cc1cccc(Cl)c1. The molecule has 2 aliphatic rings. The lowest BCUT2D eigenvalue weighted by Gasteiger charge is -2.33. The number of halogens is 1. The highest BCUT2D eigenvalue weighted by Crippen LogP contribution is 2.40. The van der Waals surface area contributed by atoms with Gasteiger partial charge in [0.05, 0.1) is 0 Å². The van der Waals surface area contributed by atoms with Crippen molar-refractivity contribution in [1.29, 1.82) is 0 Å². The fraction of sp³-hybridized carbons (Fsp3) is 0.562. The lowest BCUT2D eigenvalue weighted by Crippen LogP contribution is -2.41. The molecule has 0 amide bonds. The van der Waals surface area contributed by atoms with Gasteiger partial charge in [-0.05, 0) is 42.9 Å². The third-order valence-corrected chi connectivity index (χ3v) is 5.00. The zero-order valence-electron chi connectivity index (χ0n) is 11.5. The van der Waals surface area contributed by atoms with Gasteiger partial charge in [-0.1, -0.05) is 36.6 Å². The van der Waals surface area contributed by atoms with Crippen LogP contribution in [-0.2, 0) is 11.3 Å². The van der Waals surface area contributed by atoms with Crippen LogP contribution in [0.2, 0.25) is 5.02 Å². The van der Waals surface area contributed by atoms with Crippen molar-refractivity contribution in [2.45, 2.75) is 50.7 Å². The van der Waals surface area contributed by atoms with Gasteiger partial charge in [0, 0.05) is 17.6 Å². The molecule has 0 aromatic heterocycles. The average Bonchev–Trinajstić information content (AvgIpc) is 2.78. The number of hydrogen-bond donors (Lipinski definition) is 1. The topological polar surface area (TPSA) is 40.5 Å². The third-order valence-electron chi connectivity index (χ3n) is 4.76. The van der Waals surface area contributed by atoms with Crippen LogP contribution < -0.4 is 0 Å². The first-order chi connectivity index (χ1) is 9.65. The highest BCUT2D eigenvalue weighted by molar-refractivity contribution is 6.30. The van der Waals surface area contributed by atoms with Gasteiger partial charge >= 0.3 is 5.97 Å². The molecule has 3 unspecified atom stereocenters. The van der Waals surface area contributed by atoms with E-state index in [1.165, 1.54) is 19.3 Å². The Morgan fingerprint density at radius 1 is 1.35 bits per heavy atom. The van der Waals surface area contributed by atoms with E-state index in [0.717, 1.165) is 18.4 Å². The zero-order valence-corrected chi connectivity index (χ0v) is 12.2. The highest BCUT2D eigenvalue weighted by Gasteiger charge is 2.44. The number of carboxylic acid groups (broad SMARTS) is 1. The van der Waals surface area contributed by atoms with Crippen LogP contribution in [0.3, 0.4) is 0 Å². The van der Waals surface area contributed by atoms with Crippen LogP contribution in [0.15, 0.2) is 24.3 Å². The Morgan fingerprint density at radius 3 is 2.90 bits per heavy atom. The van der Waals surface area contributed by atoms with E-state index in [9.17, 15) is 9.90 Å². The largest absolute Gasteiger partial charge is 0.480 e. The van der Waals surface area contributed by atoms with Gasteiger partial charge in [-0.2, -0.15) is 0 Å². The van der Waals surface area contributed by atoms with Gasteiger partial charge in [-0.3, -0.25) is 9.69 Å². The first-order valence-electron chi connectivity index (χ1n) is 7.38. The Balaban J connectivity index is 1.82. The Morgan fingerprint density at radius 2 is 2.15 bits per heavy atom. The zero-order chi connectivity index (χ0) is 14.1. The Labute approximate surface area is 124 Å². The minimum atomic E-state index is -0.679. The van der Waals surface area contributed by atoms with Crippen molar-refractivity contribution in [2.24, 2.45) is 5.92 Å². The summed E-state index contributed by atoms with van der Waals surface area (Å²) in [6.45, 7) is 0.693. The van der Waals surface area contributed by atoms with E-state index >= 15 is 0 Å². The standard InChI is InChI=1S/C16H20ClNO2/c17-13-6-3-4-11(8-13)10-18-14-7-2-1-5-12(14)9-15(18)16(19)20/h3-4,6,8,12,14-15H,1-2,5,7,9-10H2,(H,19,20). The molecule has 1 saturated heterocycles. The smallest absolute Gasteiger partial charge is 0.320 e. The minimum absolute atomic E-state index is 0.331. The van der Waals surface area contributed by atoms with Gasteiger partial charge in [0.25, 0.3) is 0 Å². The number of rotatable bonds is 3. The summed E-state index contributed by atoms with van der Waals surface area (Å²) in [5.74, 6) is -0.120. The van der Waals surface area contributed by atoms with Gasteiger partial charge in [0.2, 0.25) is 0 Å². The van der Waals surface area contributed by atoms with Crippen LogP contribution in [0.1, 0.15) is 37.7 Å². The van der Waals surface area contributed by atoms with E-state index in [1.54, 1.807) is 0 Å². The molecule has 3 nitrogen and oxygen atoms in total. The molecule has 1 aromatic carbocycles. The van der Waals surface area contributed by atoms with Gasteiger partial charge in [0.15, 0.2) is 0 Å². The van der Waals surface area contributed by atoms with Crippen molar-refractivity contribution in [3.8, 4) is 0 Å². The second kappa shape index (κ2) is 5.74. The molecule has 108 valence electrons. The van der Waals surface area contributed by atoms with E-state index in [4.69, 9.17) is 11.6 Å². The predicted octanol–water partition coefficient (Wildman–Crippen LogP) is 3.56. The molecule has 2 fully saturated rings. The summed E-state index contributed by atoms with van der Waals surface area (Å²) in [6, 6.07) is 7.86. The molecule has 20 heavy (non-hydrogen) atoms. The van der Waals surface area contributed by atoms with Crippen LogP contribution in [0.25, 0.3) is 0 Å². The molecule has 1 aliphatic heterocycles. The summed E-state index contributed by atoms with van der Waals surface area (Å²) in [6.07, 6.45) is 5.59. The lowest BCUT2D eigenvalue weighted by molar-refractivity contribution is -0.142. The molecular weight excluding hydrogens is 274 g/mol. The minimum Gasteiger partial charge on any atom is -0.480 e. The Kier molecular flexibility index (Phi) is 3.99. The normalized spacial score (nSPS) is 30.1. The molecule has 1 aliphatic carbocycles. The molecule has 1 saturated carbocycles. The van der Waals surface area contributed by atoms with Crippen molar-refractivity contribution >= 4 is 17.6 Å². The maximum atomic E-state index is 11.5. The molecule has 1 heterocycles. The summed E-state index contributed by atoms with van der Waals surface area (Å²) in [5.41, 5.74) is 1.11. The van der Waals surface area contributed by atoms with Gasteiger partial charge in [0.1, 0.15) is 6.04 Å². The van der Waals surface area contributed by atoms with Crippen molar-refractivity contribution in [3.05, 3.63) is 34.9 Å². The monoisotopic (exact) mass is 293 g/mol. The number of nitrogens with zero attached hydrogens (tertiary/aromatic N) is 1. The van der Waals surface area contributed by atoms with Crippen molar-refractivity contribution in [2.75, 3.05) is 0 Å². The van der Waals surface area contributed by atoms with E-state index in [1.807, 2.05) is 24.3 Å². The molecule has 4 heteroatoms. The molecule has 1 aromatic rings. The van der Waals surface area contributed by atoms with E-state index in [0.29, 0.717) is 23.5 Å². The summed E-state index contributed by atoms with van der Waals surface area (Å²) in [7, 11) is 0. The number of aliphatic carboxylic acids is 1. The number of hydrogen-bond acceptors (Lipinski definition) is 2. The molecule has 0 radical (unpaired) electrons. The maximum absolute atomic E-state index is 11.5. The summed E-state index contributed by atoms with van der Waals surface area (Å²) < 4.78 is 0. The molecule has 1 N–H and O–H groups in total. The molecule has 3 atom stereocenters. The second-order valence-corrected chi connectivity index (χ2v) is 6.44. The summed E-state index contributed by atoms with van der Waals surface area (Å²) in [4.78, 5) is 13.7. The van der Waals surface area contributed by atoms with Crippen LogP contribution >= 0.6 is 11.6 Å². The molecule has 0 spiro atoms.